The molecule has 146 valence electrons. The van der Waals surface area contributed by atoms with Gasteiger partial charge in [0.15, 0.2) is 0 Å². The van der Waals surface area contributed by atoms with E-state index in [1.165, 1.54) is 28.3 Å². The fraction of sp³-hybridized carbons (Fsp3) is 0.450. The van der Waals surface area contributed by atoms with Gasteiger partial charge in [-0.1, -0.05) is 32.4 Å². The molecule has 0 fully saturated rings. The molecule has 3 rings (SSSR count). The van der Waals surface area contributed by atoms with Crippen LogP contribution in [-0.4, -0.2) is 5.91 Å². The number of hydrogen-bond donors (Lipinski definition) is 1. The third-order valence-electron chi connectivity index (χ3n) is 5.16. The third-order valence-corrected chi connectivity index (χ3v) is 6.45. The Hall–Kier alpha value is -1.53. The molecule has 1 aromatic heterocycles. The Bertz CT molecular complexity index is 867. The van der Waals surface area contributed by atoms with Crippen LogP contribution in [0.2, 0.25) is 5.02 Å². The van der Waals surface area contributed by atoms with Crippen molar-refractivity contribution in [2.24, 2.45) is 11.3 Å². The Morgan fingerprint density at radius 2 is 1.96 bits per heavy atom. The minimum Gasteiger partial charge on any atom is -0.321 e. The van der Waals surface area contributed by atoms with E-state index in [1.54, 1.807) is 5.38 Å². The summed E-state index contributed by atoms with van der Waals surface area (Å²) in [4.78, 5) is 13.9. The van der Waals surface area contributed by atoms with Crippen molar-refractivity contribution in [2.45, 2.75) is 46.2 Å². The number of anilines is 1. The average Bonchev–Trinajstić information content (AvgIpc) is 2.98. The van der Waals surface area contributed by atoms with Gasteiger partial charge < -0.3 is 5.32 Å². The molecular weight excluding hydrogens is 395 g/mol. The number of alkyl halides is 3. The minimum atomic E-state index is -4.60. The highest BCUT2D eigenvalue weighted by atomic mass is 35.5. The second kappa shape index (κ2) is 7.13. The number of halogens is 4. The first-order valence-electron chi connectivity index (χ1n) is 8.74. The topological polar surface area (TPSA) is 29.1 Å². The predicted molar refractivity (Wildman–Crippen MR) is 104 cm³/mol. The van der Waals surface area contributed by atoms with Gasteiger partial charge in [0.25, 0.3) is 5.91 Å². The van der Waals surface area contributed by atoms with Crippen molar-refractivity contribution in [1.82, 2.24) is 0 Å². The van der Waals surface area contributed by atoms with Gasteiger partial charge in [-0.2, -0.15) is 13.2 Å². The second-order valence-electron chi connectivity index (χ2n) is 8.00. The van der Waals surface area contributed by atoms with E-state index < -0.39 is 17.6 Å². The average molecular weight is 416 g/mol. The van der Waals surface area contributed by atoms with Crippen LogP contribution in [0.5, 0.6) is 0 Å². The van der Waals surface area contributed by atoms with Crippen LogP contribution in [0.4, 0.5) is 18.9 Å². The molecule has 1 N–H and O–H groups in total. The summed E-state index contributed by atoms with van der Waals surface area (Å²) in [5.74, 6) is 0.0298. The number of amides is 1. The van der Waals surface area contributed by atoms with Gasteiger partial charge in [0, 0.05) is 15.3 Å². The van der Waals surface area contributed by atoms with Crippen LogP contribution in [0.25, 0.3) is 0 Å². The Balaban J connectivity index is 1.85. The van der Waals surface area contributed by atoms with Gasteiger partial charge in [-0.3, -0.25) is 4.79 Å². The molecule has 0 radical (unpaired) electrons. The predicted octanol–water partition coefficient (Wildman–Crippen LogP) is 6.82. The first-order chi connectivity index (χ1) is 12.5. The zero-order valence-electron chi connectivity index (χ0n) is 15.3. The molecule has 0 saturated heterocycles. The first-order valence-corrected chi connectivity index (χ1v) is 10.00. The fourth-order valence-electron chi connectivity index (χ4n) is 3.49. The molecule has 0 bridgehead atoms. The highest BCUT2D eigenvalue weighted by Gasteiger charge is 2.35. The lowest BCUT2D eigenvalue weighted by atomic mass is 9.72. The molecular formula is C20H21ClF3NOS. The lowest BCUT2D eigenvalue weighted by molar-refractivity contribution is -0.136. The van der Waals surface area contributed by atoms with Gasteiger partial charge in [0.2, 0.25) is 0 Å². The number of benzene rings is 1. The van der Waals surface area contributed by atoms with Crippen LogP contribution in [0.1, 0.15) is 53.6 Å². The highest BCUT2D eigenvalue weighted by molar-refractivity contribution is 7.10. The van der Waals surface area contributed by atoms with E-state index in [-0.39, 0.29) is 16.1 Å². The molecule has 1 aromatic carbocycles. The molecule has 1 heterocycles. The number of carbonyl (C=O) groups is 1. The molecule has 2 nitrogen and oxygen atoms in total. The van der Waals surface area contributed by atoms with Crippen molar-refractivity contribution in [3.8, 4) is 0 Å². The van der Waals surface area contributed by atoms with Crippen LogP contribution in [0.3, 0.4) is 0 Å². The molecule has 1 amide bonds. The summed E-state index contributed by atoms with van der Waals surface area (Å²) in [6.45, 7) is 6.63. The first kappa shape index (κ1) is 20.2. The summed E-state index contributed by atoms with van der Waals surface area (Å²) >= 11 is 7.21. The van der Waals surface area contributed by atoms with E-state index in [4.69, 9.17) is 11.6 Å². The summed E-state index contributed by atoms with van der Waals surface area (Å²) in [7, 11) is 0. The molecule has 0 saturated carbocycles. The number of hydrogen-bond acceptors (Lipinski definition) is 2. The number of nitrogens with one attached hydrogen (secondary N) is 1. The van der Waals surface area contributed by atoms with E-state index in [0.717, 1.165) is 30.9 Å². The fourth-order valence-corrected chi connectivity index (χ4v) is 4.82. The summed E-state index contributed by atoms with van der Waals surface area (Å²) in [5, 5.41) is 4.16. The number of rotatable bonds is 2. The SMILES string of the molecule is CC(C)(C)C1CCc2c(C(=O)Nc3ccc(Cl)cc3C(F)(F)F)csc2C1. The van der Waals surface area contributed by atoms with Gasteiger partial charge in [0.1, 0.15) is 0 Å². The van der Waals surface area contributed by atoms with Gasteiger partial charge in [-0.05, 0) is 54.4 Å². The molecule has 0 spiro atoms. The molecule has 1 atom stereocenters. The summed E-state index contributed by atoms with van der Waals surface area (Å²) < 4.78 is 39.7. The highest BCUT2D eigenvalue weighted by Crippen LogP contribution is 2.41. The van der Waals surface area contributed by atoms with Crippen LogP contribution in [0.15, 0.2) is 23.6 Å². The van der Waals surface area contributed by atoms with Crippen molar-refractivity contribution in [2.75, 3.05) is 5.32 Å². The number of fused-ring (bicyclic) bond motifs is 1. The molecule has 2 aromatic rings. The zero-order valence-corrected chi connectivity index (χ0v) is 16.9. The molecule has 1 unspecified atom stereocenters. The minimum absolute atomic E-state index is 0.0264. The summed E-state index contributed by atoms with van der Waals surface area (Å²) in [6.07, 6.45) is -1.94. The quantitative estimate of drug-likeness (QED) is 0.572. The van der Waals surface area contributed by atoms with Crippen LogP contribution in [0, 0.1) is 11.3 Å². The van der Waals surface area contributed by atoms with Crippen molar-refractivity contribution < 1.29 is 18.0 Å². The third kappa shape index (κ3) is 4.32. The Morgan fingerprint density at radius 1 is 1.26 bits per heavy atom. The zero-order chi connectivity index (χ0) is 20.0. The molecule has 1 aliphatic rings. The monoisotopic (exact) mass is 415 g/mol. The van der Waals surface area contributed by atoms with Gasteiger partial charge in [0.05, 0.1) is 16.8 Å². The lowest BCUT2D eigenvalue weighted by Gasteiger charge is -2.34. The van der Waals surface area contributed by atoms with E-state index in [1.807, 2.05) is 0 Å². The van der Waals surface area contributed by atoms with E-state index >= 15 is 0 Å². The number of carbonyl (C=O) groups excluding carboxylic acids is 1. The standard InChI is InChI=1S/C20H21ClF3NOS/c1-19(2,3)11-4-6-13-14(10-27-17(13)8-11)18(26)25-16-7-5-12(21)9-15(16)20(22,23)24/h5,7,9-11H,4,6,8H2,1-3H3,(H,25,26). The Morgan fingerprint density at radius 3 is 2.59 bits per heavy atom. The maximum Gasteiger partial charge on any atom is 0.418 e. The Labute approximate surface area is 165 Å². The van der Waals surface area contributed by atoms with Crippen LogP contribution < -0.4 is 5.32 Å². The number of thiophene rings is 1. The molecule has 7 heteroatoms. The lowest BCUT2D eigenvalue weighted by Crippen LogP contribution is -2.27. The van der Waals surface area contributed by atoms with Crippen molar-refractivity contribution in [3.05, 3.63) is 50.2 Å². The van der Waals surface area contributed by atoms with Crippen molar-refractivity contribution in [1.29, 1.82) is 0 Å². The smallest absolute Gasteiger partial charge is 0.321 e. The molecule has 27 heavy (non-hydrogen) atoms. The summed E-state index contributed by atoms with van der Waals surface area (Å²) in [6, 6.07) is 3.36. The molecule has 1 aliphatic carbocycles. The van der Waals surface area contributed by atoms with Crippen LogP contribution >= 0.6 is 22.9 Å². The van der Waals surface area contributed by atoms with Gasteiger partial charge >= 0.3 is 6.18 Å². The van der Waals surface area contributed by atoms with Crippen molar-refractivity contribution >= 4 is 34.5 Å². The normalized spacial score (nSPS) is 17.5. The van der Waals surface area contributed by atoms with E-state index in [9.17, 15) is 18.0 Å². The molecule has 0 aliphatic heterocycles. The van der Waals surface area contributed by atoms with Gasteiger partial charge in [-0.25, -0.2) is 0 Å². The second-order valence-corrected chi connectivity index (χ2v) is 9.40. The maximum absolute atomic E-state index is 13.2. The van der Waals surface area contributed by atoms with Gasteiger partial charge in [-0.15, -0.1) is 11.3 Å². The maximum atomic E-state index is 13.2. The van der Waals surface area contributed by atoms with Crippen molar-refractivity contribution in [3.63, 3.8) is 0 Å². The Kier molecular flexibility index (Phi) is 5.34. The summed E-state index contributed by atoms with van der Waals surface area (Å²) in [5.41, 5.74) is 0.418. The van der Waals surface area contributed by atoms with E-state index in [0.29, 0.717) is 11.5 Å². The van der Waals surface area contributed by atoms with E-state index in [2.05, 4.69) is 26.1 Å². The largest absolute Gasteiger partial charge is 0.418 e. The van der Waals surface area contributed by atoms with Crippen LogP contribution in [-0.2, 0) is 19.0 Å².